The van der Waals surface area contributed by atoms with E-state index in [4.69, 9.17) is 28.9 Å². The van der Waals surface area contributed by atoms with Gasteiger partial charge in [0.25, 0.3) is 5.91 Å². The van der Waals surface area contributed by atoms with Gasteiger partial charge in [-0.25, -0.2) is 4.99 Å². The van der Waals surface area contributed by atoms with Gasteiger partial charge in [-0.05, 0) is 48.1 Å². The topological polar surface area (TPSA) is 75.8 Å². The first-order valence-electron chi connectivity index (χ1n) is 10.3. The molecule has 2 aromatic carbocycles. The van der Waals surface area contributed by atoms with Crippen molar-refractivity contribution in [3.8, 4) is 0 Å². The zero-order valence-corrected chi connectivity index (χ0v) is 19.5. The van der Waals surface area contributed by atoms with Crippen LogP contribution in [0.3, 0.4) is 0 Å². The van der Waals surface area contributed by atoms with Gasteiger partial charge in [0, 0.05) is 12.8 Å². The van der Waals surface area contributed by atoms with Crippen LogP contribution in [0.4, 0.5) is 0 Å². The van der Waals surface area contributed by atoms with Gasteiger partial charge in [-0.2, -0.15) is 0 Å². The van der Waals surface area contributed by atoms with Gasteiger partial charge in [-0.1, -0.05) is 67.4 Å². The second kappa shape index (κ2) is 9.41. The first kappa shape index (κ1) is 23.3. The SMILES string of the molecule is CC(C)CC1(C)N=C(N)N(Cc2cccc(CC(=O)Cc3ccc(Cl)c(Cl)c3)c2)C1=O. The molecule has 0 aromatic heterocycles. The summed E-state index contributed by atoms with van der Waals surface area (Å²) in [4.78, 5) is 31.5. The summed E-state index contributed by atoms with van der Waals surface area (Å²) in [6.07, 6.45) is 1.21. The molecule has 0 saturated heterocycles. The molecule has 0 aliphatic carbocycles. The lowest BCUT2D eigenvalue weighted by atomic mass is 9.91. The summed E-state index contributed by atoms with van der Waals surface area (Å²) in [6, 6.07) is 12.9. The third-order valence-electron chi connectivity index (χ3n) is 5.27. The number of aliphatic imine (C=N–C) groups is 1. The minimum absolute atomic E-state index is 0.0679. The van der Waals surface area contributed by atoms with Gasteiger partial charge in [0.15, 0.2) is 5.96 Å². The molecule has 0 saturated carbocycles. The maximum absolute atomic E-state index is 13.0. The molecule has 2 aromatic rings. The van der Waals surface area contributed by atoms with E-state index in [0.717, 1.165) is 16.7 Å². The molecule has 164 valence electrons. The summed E-state index contributed by atoms with van der Waals surface area (Å²) in [6.45, 7) is 6.29. The molecular weight excluding hydrogens is 433 g/mol. The number of carbonyl (C=O) groups excluding carboxylic acids is 2. The van der Waals surface area contributed by atoms with Gasteiger partial charge in [0.05, 0.1) is 16.6 Å². The number of hydrogen-bond acceptors (Lipinski definition) is 4. The molecule has 1 unspecified atom stereocenters. The molecule has 2 N–H and O–H groups in total. The fourth-order valence-electron chi connectivity index (χ4n) is 4.02. The maximum Gasteiger partial charge on any atom is 0.257 e. The second-order valence-electron chi connectivity index (χ2n) is 8.69. The van der Waals surface area contributed by atoms with Crippen LogP contribution in [-0.4, -0.2) is 28.1 Å². The average molecular weight is 460 g/mol. The Kier molecular flexibility index (Phi) is 7.07. The number of amides is 1. The molecule has 31 heavy (non-hydrogen) atoms. The largest absolute Gasteiger partial charge is 0.369 e. The summed E-state index contributed by atoms with van der Waals surface area (Å²) < 4.78 is 0. The Morgan fingerprint density at radius 3 is 2.35 bits per heavy atom. The van der Waals surface area contributed by atoms with Crippen molar-refractivity contribution in [3.63, 3.8) is 0 Å². The maximum atomic E-state index is 13.0. The highest BCUT2D eigenvalue weighted by molar-refractivity contribution is 6.42. The first-order chi connectivity index (χ1) is 14.6. The number of benzene rings is 2. The van der Waals surface area contributed by atoms with Crippen LogP contribution in [0.15, 0.2) is 47.5 Å². The standard InChI is InChI=1S/C24H27Cl2N3O2/c1-15(2)13-24(3)22(31)29(23(27)28-24)14-18-6-4-5-16(9-18)10-19(30)11-17-7-8-20(25)21(26)12-17/h4-9,12,15H,10-11,13-14H2,1-3H3,(H2,27,28). The fraction of sp³-hybridized carbons (Fsp3) is 0.375. The fourth-order valence-corrected chi connectivity index (χ4v) is 4.35. The highest BCUT2D eigenvalue weighted by Crippen LogP contribution is 2.29. The number of rotatable bonds is 8. The van der Waals surface area contributed by atoms with E-state index >= 15 is 0 Å². The van der Waals surface area contributed by atoms with Gasteiger partial charge in [-0.3, -0.25) is 14.5 Å². The summed E-state index contributed by atoms with van der Waals surface area (Å²) in [5.74, 6) is 0.558. The summed E-state index contributed by atoms with van der Waals surface area (Å²) >= 11 is 12.0. The van der Waals surface area contributed by atoms with Crippen molar-refractivity contribution < 1.29 is 9.59 Å². The molecule has 1 aliphatic rings. The number of halogens is 2. The van der Waals surface area contributed by atoms with E-state index in [0.29, 0.717) is 28.9 Å². The lowest BCUT2D eigenvalue weighted by Crippen LogP contribution is -2.43. The number of carbonyl (C=O) groups is 2. The Morgan fingerprint density at radius 1 is 1.06 bits per heavy atom. The average Bonchev–Trinajstić information content (AvgIpc) is 2.87. The third-order valence-corrected chi connectivity index (χ3v) is 6.01. The molecule has 0 spiro atoms. The lowest BCUT2D eigenvalue weighted by Gasteiger charge is -2.23. The quantitative estimate of drug-likeness (QED) is 0.615. The molecule has 1 amide bonds. The highest BCUT2D eigenvalue weighted by atomic mass is 35.5. The Hall–Kier alpha value is -2.37. The van der Waals surface area contributed by atoms with Crippen molar-refractivity contribution in [2.24, 2.45) is 16.6 Å². The molecule has 0 fully saturated rings. The monoisotopic (exact) mass is 459 g/mol. The number of guanidine groups is 1. The van der Waals surface area contributed by atoms with Gasteiger partial charge >= 0.3 is 0 Å². The predicted molar refractivity (Wildman–Crippen MR) is 125 cm³/mol. The number of nitrogens with zero attached hydrogens (tertiary/aromatic N) is 2. The van der Waals surface area contributed by atoms with Crippen LogP contribution in [0.5, 0.6) is 0 Å². The minimum atomic E-state index is -0.814. The van der Waals surface area contributed by atoms with Crippen LogP contribution < -0.4 is 5.73 Å². The molecule has 1 atom stereocenters. The van der Waals surface area contributed by atoms with E-state index in [-0.39, 0.29) is 30.5 Å². The molecule has 1 heterocycles. The van der Waals surface area contributed by atoms with Crippen LogP contribution >= 0.6 is 23.2 Å². The smallest absolute Gasteiger partial charge is 0.257 e. The van der Waals surface area contributed by atoms with E-state index in [2.05, 4.69) is 18.8 Å². The number of ketones is 1. The molecule has 0 bridgehead atoms. The van der Waals surface area contributed by atoms with Crippen molar-refractivity contribution in [1.82, 2.24) is 4.90 Å². The zero-order valence-electron chi connectivity index (χ0n) is 18.0. The number of Topliss-reactive ketones (excluding diaryl/α,β-unsaturated/α-hetero) is 1. The summed E-state index contributed by atoms with van der Waals surface area (Å²) in [7, 11) is 0. The summed E-state index contributed by atoms with van der Waals surface area (Å²) in [5, 5.41) is 0.905. The molecule has 3 rings (SSSR count). The Labute approximate surface area is 193 Å². The molecular formula is C24H27Cl2N3O2. The van der Waals surface area contributed by atoms with Crippen LogP contribution in [-0.2, 0) is 29.0 Å². The van der Waals surface area contributed by atoms with E-state index in [1.807, 2.05) is 31.2 Å². The van der Waals surface area contributed by atoms with E-state index < -0.39 is 5.54 Å². The first-order valence-corrected chi connectivity index (χ1v) is 11.0. The Morgan fingerprint density at radius 2 is 1.71 bits per heavy atom. The van der Waals surface area contributed by atoms with Crippen LogP contribution in [0.1, 0.15) is 43.9 Å². The Balaban J connectivity index is 1.66. The zero-order chi connectivity index (χ0) is 22.8. The van der Waals surface area contributed by atoms with Gasteiger partial charge in [-0.15, -0.1) is 0 Å². The summed E-state index contributed by atoms with van der Waals surface area (Å²) in [5.41, 5.74) is 7.88. The van der Waals surface area contributed by atoms with Crippen molar-refractivity contribution in [1.29, 1.82) is 0 Å². The van der Waals surface area contributed by atoms with Crippen molar-refractivity contribution in [2.75, 3.05) is 0 Å². The van der Waals surface area contributed by atoms with Crippen LogP contribution in [0.2, 0.25) is 10.0 Å². The van der Waals surface area contributed by atoms with Crippen molar-refractivity contribution in [2.45, 2.75) is 52.1 Å². The Bertz CT molecular complexity index is 1040. The molecule has 1 aliphatic heterocycles. The molecule has 7 heteroatoms. The van der Waals surface area contributed by atoms with E-state index in [1.54, 1.807) is 18.2 Å². The minimum Gasteiger partial charge on any atom is -0.369 e. The number of nitrogens with two attached hydrogens (primary N) is 1. The molecule has 0 radical (unpaired) electrons. The number of hydrogen-bond donors (Lipinski definition) is 1. The normalized spacial score (nSPS) is 18.6. The van der Waals surface area contributed by atoms with Gasteiger partial charge in [0.1, 0.15) is 11.3 Å². The highest BCUT2D eigenvalue weighted by Gasteiger charge is 2.44. The second-order valence-corrected chi connectivity index (χ2v) is 9.51. The van der Waals surface area contributed by atoms with Gasteiger partial charge in [0.2, 0.25) is 0 Å². The van der Waals surface area contributed by atoms with Crippen LogP contribution in [0.25, 0.3) is 0 Å². The third kappa shape index (κ3) is 5.66. The van der Waals surface area contributed by atoms with Crippen molar-refractivity contribution >= 4 is 40.9 Å². The van der Waals surface area contributed by atoms with Crippen LogP contribution in [0, 0.1) is 5.92 Å². The predicted octanol–water partition coefficient (Wildman–Crippen LogP) is 4.81. The lowest BCUT2D eigenvalue weighted by molar-refractivity contribution is -0.131. The van der Waals surface area contributed by atoms with E-state index in [9.17, 15) is 9.59 Å². The molecule has 5 nitrogen and oxygen atoms in total. The van der Waals surface area contributed by atoms with Crippen molar-refractivity contribution in [3.05, 3.63) is 69.2 Å². The van der Waals surface area contributed by atoms with Gasteiger partial charge < -0.3 is 5.73 Å². The van der Waals surface area contributed by atoms with E-state index in [1.165, 1.54) is 4.90 Å².